The molecule has 5 aromatic carbocycles. The molecule has 0 saturated carbocycles. The van der Waals surface area contributed by atoms with Gasteiger partial charge < -0.3 is 8.23 Å². The largest absolute Gasteiger partial charge is 0.433 e. The van der Waals surface area contributed by atoms with Crippen molar-refractivity contribution >= 4 is 51.9 Å². The average molecular weight is 533 g/mol. The Bertz CT molecular complexity index is 1240. The van der Waals surface area contributed by atoms with Gasteiger partial charge in [0, 0.05) is 0 Å². The van der Waals surface area contributed by atoms with Crippen LogP contribution < -0.4 is 25.9 Å². The van der Waals surface area contributed by atoms with Crippen LogP contribution in [0.4, 0.5) is 0 Å². The SMILES string of the molecule is C[SiH](C)O[Si](O[Si](c1ccccc1)(c1ccccc1)c1ccccc1)(c1ccccc1)c1ccccc1. The van der Waals surface area contributed by atoms with Crippen molar-refractivity contribution in [2.24, 2.45) is 0 Å². The highest BCUT2D eigenvalue weighted by molar-refractivity contribution is 7.13. The molecule has 5 rings (SSSR count). The first-order chi connectivity index (χ1) is 18.1. The maximum atomic E-state index is 7.96. The third-order valence-electron chi connectivity index (χ3n) is 6.55. The Hall–Kier alpha value is -3.33. The monoisotopic (exact) mass is 532 g/mol. The van der Waals surface area contributed by atoms with E-state index in [1.165, 1.54) is 15.6 Å². The number of benzene rings is 5. The van der Waals surface area contributed by atoms with Gasteiger partial charge in [-0.3, -0.25) is 0 Å². The van der Waals surface area contributed by atoms with E-state index in [2.05, 4.69) is 165 Å². The van der Waals surface area contributed by atoms with Crippen LogP contribution in [0.2, 0.25) is 13.1 Å². The lowest BCUT2D eigenvalue weighted by Crippen LogP contribution is -2.79. The Morgan fingerprint density at radius 3 is 0.946 bits per heavy atom. The Labute approximate surface area is 224 Å². The molecule has 0 amide bonds. The molecule has 0 spiro atoms. The van der Waals surface area contributed by atoms with Crippen molar-refractivity contribution in [3.63, 3.8) is 0 Å². The van der Waals surface area contributed by atoms with Gasteiger partial charge >= 0.3 is 8.56 Å². The van der Waals surface area contributed by atoms with Crippen molar-refractivity contribution in [1.29, 1.82) is 0 Å². The first-order valence-electron chi connectivity index (χ1n) is 12.8. The summed E-state index contributed by atoms with van der Waals surface area (Å²) in [6, 6.07) is 53.7. The van der Waals surface area contributed by atoms with E-state index in [1.54, 1.807) is 0 Å². The lowest BCUT2D eigenvalue weighted by atomic mass is 10.3. The second-order valence-electron chi connectivity index (χ2n) is 9.40. The Kier molecular flexibility index (Phi) is 7.79. The lowest BCUT2D eigenvalue weighted by Gasteiger charge is -2.43. The Morgan fingerprint density at radius 1 is 0.405 bits per heavy atom. The molecular weight excluding hydrogens is 501 g/mol. The second-order valence-corrected chi connectivity index (χ2v) is 18.7. The molecule has 37 heavy (non-hydrogen) atoms. The van der Waals surface area contributed by atoms with Crippen LogP contribution in [0.1, 0.15) is 0 Å². The van der Waals surface area contributed by atoms with E-state index >= 15 is 0 Å². The topological polar surface area (TPSA) is 18.5 Å². The Morgan fingerprint density at radius 2 is 0.676 bits per heavy atom. The molecule has 0 aliphatic heterocycles. The summed E-state index contributed by atoms with van der Waals surface area (Å²) in [5, 5.41) is 5.92. The zero-order chi connectivity index (χ0) is 25.6. The van der Waals surface area contributed by atoms with Crippen LogP contribution in [0, 0.1) is 0 Å². The molecule has 0 heterocycles. The van der Waals surface area contributed by atoms with Crippen molar-refractivity contribution in [2.75, 3.05) is 0 Å². The highest BCUT2D eigenvalue weighted by Gasteiger charge is 2.53. The molecular formula is C32H32O2Si3. The summed E-state index contributed by atoms with van der Waals surface area (Å²) >= 11 is 0. The van der Waals surface area contributed by atoms with Crippen molar-refractivity contribution in [2.45, 2.75) is 13.1 Å². The standard InChI is InChI=1S/C32H32O2Si3/c1-35(2)33-37(31-24-14-6-15-25-31,32-26-16-7-17-27-32)34-36(28-18-8-3-9-19-28,29-20-10-4-11-21-29)30-22-12-5-13-23-30/h3-27,35H,1-2H3. The highest BCUT2D eigenvalue weighted by Crippen LogP contribution is 2.20. The van der Waals surface area contributed by atoms with Gasteiger partial charge in [-0.05, 0) is 39.0 Å². The maximum Gasteiger partial charge on any atom is 0.386 e. The van der Waals surface area contributed by atoms with Crippen molar-refractivity contribution < 1.29 is 8.23 Å². The van der Waals surface area contributed by atoms with Gasteiger partial charge in [0.25, 0.3) is 8.32 Å². The number of hydrogen-bond acceptors (Lipinski definition) is 2. The number of rotatable bonds is 9. The van der Waals surface area contributed by atoms with E-state index in [-0.39, 0.29) is 0 Å². The molecule has 0 aliphatic rings. The first kappa shape index (κ1) is 25.3. The van der Waals surface area contributed by atoms with Gasteiger partial charge in [0.15, 0.2) is 9.04 Å². The van der Waals surface area contributed by atoms with E-state index < -0.39 is 25.9 Å². The van der Waals surface area contributed by atoms with Crippen molar-refractivity contribution in [3.8, 4) is 0 Å². The normalized spacial score (nSPS) is 12.0. The molecule has 5 aromatic rings. The van der Waals surface area contributed by atoms with Gasteiger partial charge in [-0.15, -0.1) is 0 Å². The zero-order valence-corrected chi connectivity index (χ0v) is 24.5. The van der Waals surface area contributed by atoms with Crippen LogP contribution >= 0.6 is 0 Å². The second kappa shape index (κ2) is 11.4. The molecule has 0 aromatic heterocycles. The van der Waals surface area contributed by atoms with E-state index in [9.17, 15) is 0 Å². The minimum atomic E-state index is -3.17. The van der Waals surface area contributed by atoms with E-state index in [0.717, 1.165) is 10.4 Å². The molecule has 0 saturated heterocycles. The summed E-state index contributed by atoms with van der Waals surface area (Å²) < 4.78 is 15.2. The van der Waals surface area contributed by atoms with Gasteiger partial charge in [-0.2, -0.15) is 0 Å². The summed E-state index contributed by atoms with van der Waals surface area (Å²) in [6.45, 7) is 4.49. The van der Waals surface area contributed by atoms with Crippen LogP contribution in [-0.2, 0) is 8.23 Å². The summed E-state index contributed by atoms with van der Waals surface area (Å²) in [5.41, 5.74) is 0. The predicted octanol–water partition coefficient (Wildman–Crippen LogP) is 3.93. The molecule has 184 valence electrons. The van der Waals surface area contributed by atoms with Crippen LogP contribution in [0.5, 0.6) is 0 Å². The molecule has 5 heteroatoms. The summed E-state index contributed by atoms with van der Waals surface area (Å²) in [7, 11) is -7.75. The number of hydrogen-bond donors (Lipinski definition) is 0. The smallest absolute Gasteiger partial charge is 0.386 e. The minimum absolute atomic E-state index is 1.14. The van der Waals surface area contributed by atoms with Crippen LogP contribution in [-0.4, -0.2) is 25.9 Å². The lowest BCUT2D eigenvalue weighted by molar-refractivity contribution is 0.432. The summed E-state index contributed by atoms with van der Waals surface area (Å²) in [4.78, 5) is 0. The van der Waals surface area contributed by atoms with Gasteiger partial charge in [-0.1, -0.05) is 152 Å². The summed E-state index contributed by atoms with van der Waals surface area (Å²) in [5.74, 6) is 0. The molecule has 2 nitrogen and oxygen atoms in total. The fraction of sp³-hybridized carbons (Fsp3) is 0.0625. The highest BCUT2D eigenvalue weighted by atomic mass is 28.5. The van der Waals surface area contributed by atoms with Crippen LogP contribution in [0.15, 0.2) is 152 Å². The summed E-state index contributed by atoms with van der Waals surface area (Å²) in [6.07, 6.45) is 0. The Balaban J connectivity index is 1.88. The van der Waals surface area contributed by atoms with Crippen molar-refractivity contribution in [3.05, 3.63) is 152 Å². The van der Waals surface area contributed by atoms with Crippen LogP contribution in [0.25, 0.3) is 0 Å². The zero-order valence-electron chi connectivity index (χ0n) is 21.3. The van der Waals surface area contributed by atoms with Crippen LogP contribution in [0.3, 0.4) is 0 Å². The van der Waals surface area contributed by atoms with Gasteiger partial charge in [0.05, 0.1) is 0 Å². The molecule has 0 unspecified atom stereocenters. The third kappa shape index (κ3) is 5.09. The molecule has 0 fully saturated rings. The molecule has 0 radical (unpaired) electrons. The minimum Gasteiger partial charge on any atom is -0.433 e. The van der Waals surface area contributed by atoms with Gasteiger partial charge in [0.2, 0.25) is 0 Å². The average Bonchev–Trinajstić information content (AvgIpc) is 2.97. The quantitative estimate of drug-likeness (QED) is 0.212. The molecule has 0 aliphatic carbocycles. The van der Waals surface area contributed by atoms with E-state index in [0.29, 0.717) is 0 Å². The van der Waals surface area contributed by atoms with Gasteiger partial charge in [-0.25, -0.2) is 0 Å². The predicted molar refractivity (Wildman–Crippen MR) is 163 cm³/mol. The first-order valence-corrected chi connectivity index (χ1v) is 19.3. The molecule has 0 bridgehead atoms. The van der Waals surface area contributed by atoms with E-state index in [1.807, 2.05) is 0 Å². The molecule has 0 N–H and O–H groups in total. The molecule has 0 atom stereocenters. The van der Waals surface area contributed by atoms with Crippen molar-refractivity contribution in [1.82, 2.24) is 0 Å². The maximum absolute atomic E-state index is 7.96. The van der Waals surface area contributed by atoms with Gasteiger partial charge in [0.1, 0.15) is 0 Å². The third-order valence-corrected chi connectivity index (χ3v) is 17.8. The fourth-order valence-electron chi connectivity index (χ4n) is 5.00. The van der Waals surface area contributed by atoms with E-state index in [4.69, 9.17) is 8.23 Å². The fourth-order valence-corrected chi connectivity index (χ4v) is 18.0.